The minimum absolute atomic E-state index is 0.0148. The van der Waals surface area contributed by atoms with Crippen LogP contribution < -0.4 is 5.09 Å². The van der Waals surface area contributed by atoms with Crippen LogP contribution in [0.1, 0.15) is 27.2 Å². The van der Waals surface area contributed by atoms with Crippen LogP contribution in [0.5, 0.6) is 0 Å². The summed E-state index contributed by atoms with van der Waals surface area (Å²) in [5.74, 6) is 0. The summed E-state index contributed by atoms with van der Waals surface area (Å²) in [6.45, 7) is 7.71. The quantitative estimate of drug-likeness (QED) is 0.139. The summed E-state index contributed by atoms with van der Waals surface area (Å²) in [7, 11) is -6.85. The third-order valence-corrected chi connectivity index (χ3v) is 7.18. The average molecular weight is 479 g/mol. The smallest absolute Gasteiger partial charge is 0.330 e. The normalized spacial score (nSPS) is 17.0. The highest BCUT2D eigenvalue weighted by molar-refractivity contribution is 7.55. The molecule has 0 saturated carbocycles. The summed E-state index contributed by atoms with van der Waals surface area (Å²) in [4.78, 5) is 18.8. The summed E-state index contributed by atoms with van der Waals surface area (Å²) < 4.78 is 49.0. The summed E-state index contributed by atoms with van der Waals surface area (Å²) in [5.41, 5.74) is -0.524. The zero-order valence-electron chi connectivity index (χ0n) is 18.2. The highest BCUT2D eigenvalue weighted by Crippen LogP contribution is 2.46. The van der Waals surface area contributed by atoms with E-state index < -0.39 is 26.9 Å². The monoisotopic (exact) mass is 479 g/mol. The second-order valence-electron chi connectivity index (χ2n) is 6.80. The number of nitrogens with one attached hydrogen (secondary N) is 1. The van der Waals surface area contributed by atoms with E-state index >= 15 is 0 Å². The predicted molar refractivity (Wildman–Crippen MR) is 113 cm³/mol. The average Bonchev–Trinajstić information content (AvgIpc) is 2.69. The van der Waals surface area contributed by atoms with E-state index in [0.29, 0.717) is 52.6 Å². The molecule has 11 nitrogen and oxygen atoms in total. The molecule has 3 atom stereocenters. The molecule has 4 N–H and O–H groups in total. The Balaban J connectivity index is 3.33. The van der Waals surface area contributed by atoms with Crippen LogP contribution >= 0.6 is 15.1 Å². The van der Waals surface area contributed by atoms with Crippen LogP contribution in [0.25, 0.3) is 0 Å². The molecule has 0 aliphatic heterocycles. The van der Waals surface area contributed by atoms with Crippen molar-refractivity contribution in [1.29, 1.82) is 0 Å². The number of hydrogen-bond acceptors (Lipinski definition) is 8. The lowest BCUT2D eigenvalue weighted by Gasteiger charge is -2.18. The fraction of sp³-hybridized carbons (Fsp3) is 1.00. The lowest BCUT2D eigenvalue weighted by molar-refractivity contribution is -0.0251. The first-order valence-corrected chi connectivity index (χ1v) is 13.6. The van der Waals surface area contributed by atoms with Gasteiger partial charge in [0.15, 0.2) is 0 Å². The molecule has 0 aromatic rings. The Morgan fingerprint density at radius 3 is 1.83 bits per heavy atom. The second-order valence-corrected chi connectivity index (χ2v) is 11.6. The molecule has 0 aromatic carbocycles. The maximum atomic E-state index is 11.6. The van der Waals surface area contributed by atoms with Gasteiger partial charge < -0.3 is 38.4 Å². The molecule has 0 heterocycles. The molecule has 0 radical (unpaired) electrons. The van der Waals surface area contributed by atoms with Crippen LogP contribution in [0.15, 0.2) is 0 Å². The van der Waals surface area contributed by atoms with Gasteiger partial charge in [0.2, 0.25) is 0 Å². The Morgan fingerprint density at radius 2 is 1.33 bits per heavy atom. The van der Waals surface area contributed by atoms with E-state index in [4.69, 9.17) is 23.5 Å². The van der Waals surface area contributed by atoms with Crippen molar-refractivity contribution < 1.29 is 47.5 Å². The van der Waals surface area contributed by atoms with E-state index in [-0.39, 0.29) is 26.0 Å². The van der Waals surface area contributed by atoms with E-state index in [9.17, 15) is 24.0 Å². The molecule has 182 valence electrons. The van der Waals surface area contributed by atoms with Gasteiger partial charge in [0.05, 0.1) is 58.5 Å². The number of aliphatic hydroxyl groups excluding tert-OH is 1. The second kappa shape index (κ2) is 17.6. The van der Waals surface area contributed by atoms with Crippen molar-refractivity contribution in [1.82, 2.24) is 5.09 Å². The van der Waals surface area contributed by atoms with Gasteiger partial charge in [-0.1, -0.05) is 20.8 Å². The molecule has 0 aromatic heterocycles. The van der Waals surface area contributed by atoms with Crippen molar-refractivity contribution in [3.63, 3.8) is 0 Å². The van der Waals surface area contributed by atoms with E-state index in [1.807, 2.05) is 0 Å². The van der Waals surface area contributed by atoms with Gasteiger partial charge >= 0.3 is 7.60 Å². The molecule has 0 aliphatic carbocycles. The van der Waals surface area contributed by atoms with E-state index in [2.05, 4.69) is 5.09 Å². The van der Waals surface area contributed by atoms with Crippen LogP contribution in [0.3, 0.4) is 0 Å². The Bertz CT molecular complexity index is 509. The first-order chi connectivity index (χ1) is 14.1. The van der Waals surface area contributed by atoms with Gasteiger partial charge in [-0.15, -0.1) is 0 Å². The molecular formula is C17H39NO10P2. The highest BCUT2D eigenvalue weighted by atomic mass is 31.2. The molecule has 2 unspecified atom stereocenters. The molecule has 0 amide bonds. The van der Waals surface area contributed by atoms with Crippen molar-refractivity contribution in [2.45, 2.75) is 39.0 Å². The Kier molecular flexibility index (Phi) is 17.7. The van der Waals surface area contributed by atoms with Crippen LogP contribution in [0, 0.1) is 0 Å². The summed E-state index contributed by atoms with van der Waals surface area (Å²) in [6.07, 6.45) is -0.131. The number of hydrogen-bond donors (Lipinski definition) is 4. The SMILES string of the molecule is CCP(=O)(O)NCCCOCCOCCOCCOCC(O)CO[P@@](=O)(O)C(C)C. The largest absolute Gasteiger partial charge is 0.388 e. The highest BCUT2D eigenvalue weighted by Gasteiger charge is 2.25. The summed E-state index contributed by atoms with van der Waals surface area (Å²) >= 11 is 0. The van der Waals surface area contributed by atoms with Gasteiger partial charge in [-0.05, 0) is 6.42 Å². The van der Waals surface area contributed by atoms with Crippen molar-refractivity contribution in [2.24, 2.45) is 0 Å². The zero-order chi connectivity index (χ0) is 22.9. The fourth-order valence-corrected chi connectivity index (χ4v) is 3.22. The van der Waals surface area contributed by atoms with Gasteiger partial charge in [0, 0.05) is 19.3 Å². The van der Waals surface area contributed by atoms with Crippen molar-refractivity contribution >= 4 is 15.1 Å². The van der Waals surface area contributed by atoms with Crippen molar-refractivity contribution in [3.05, 3.63) is 0 Å². The fourth-order valence-electron chi connectivity index (χ4n) is 1.81. The Labute approximate surface area is 179 Å². The van der Waals surface area contributed by atoms with Crippen LogP contribution in [-0.2, 0) is 32.6 Å². The molecule has 0 saturated heterocycles. The number of rotatable bonds is 21. The van der Waals surface area contributed by atoms with Gasteiger partial charge in [-0.3, -0.25) is 9.13 Å². The first-order valence-electron chi connectivity index (χ1n) is 10.1. The van der Waals surface area contributed by atoms with E-state index in [1.165, 1.54) is 0 Å². The van der Waals surface area contributed by atoms with E-state index in [1.54, 1.807) is 20.8 Å². The lowest BCUT2D eigenvalue weighted by Crippen LogP contribution is -2.23. The van der Waals surface area contributed by atoms with Crippen molar-refractivity contribution in [3.8, 4) is 0 Å². The lowest BCUT2D eigenvalue weighted by atomic mass is 10.4. The molecule has 13 heteroatoms. The summed E-state index contributed by atoms with van der Waals surface area (Å²) in [5, 5.41) is 12.3. The van der Waals surface area contributed by atoms with Gasteiger partial charge in [0.1, 0.15) is 6.10 Å². The van der Waals surface area contributed by atoms with Crippen molar-refractivity contribution in [2.75, 3.05) is 72.2 Å². The summed E-state index contributed by atoms with van der Waals surface area (Å²) in [6, 6.07) is 0. The Hall–Kier alpha value is 0.1000. The predicted octanol–water partition coefficient (Wildman–Crippen LogP) is 1.21. The number of aliphatic hydroxyl groups is 1. The molecule has 0 spiro atoms. The molecule has 0 fully saturated rings. The molecule has 0 rings (SSSR count). The molecule has 0 aliphatic rings. The third-order valence-electron chi connectivity index (χ3n) is 3.78. The minimum atomic E-state index is -3.68. The maximum absolute atomic E-state index is 11.6. The maximum Gasteiger partial charge on any atom is 0.330 e. The molecule has 30 heavy (non-hydrogen) atoms. The molecule has 0 bridgehead atoms. The number of ether oxygens (including phenoxy) is 4. The van der Waals surface area contributed by atoms with Gasteiger partial charge in [-0.25, -0.2) is 5.09 Å². The van der Waals surface area contributed by atoms with Crippen LogP contribution in [-0.4, -0.2) is 98.8 Å². The standard InChI is InChI=1S/C17H39NO10P2/c1-4-29(20,21)18-6-5-7-24-8-9-25-10-11-26-12-13-27-14-17(19)15-28-30(22,23)16(2)3/h16-17,19H,4-15H2,1-3H3,(H,22,23)(H2,18,20,21). The van der Waals surface area contributed by atoms with Gasteiger partial charge in [0.25, 0.3) is 7.52 Å². The zero-order valence-corrected chi connectivity index (χ0v) is 20.0. The first kappa shape index (κ1) is 30.1. The van der Waals surface area contributed by atoms with Crippen LogP contribution in [0.2, 0.25) is 0 Å². The van der Waals surface area contributed by atoms with Crippen LogP contribution in [0.4, 0.5) is 0 Å². The molecular weight excluding hydrogens is 440 g/mol. The van der Waals surface area contributed by atoms with E-state index in [0.717, 1.165) is 0 Å². The minimum Gasteiger partial charge on any atom is -0.388 e. The topological polar surface area (TPSA) is 153 Å². The van der Waals surface area contributed by atoms with Gasteiger partial charge in [-0.2, -0.15) is 0 Å². The Morgan fingerprint density at radius 1 is 0.833 bits per heavy atom. The third kappa shape index (κ3) is 17.7.